The van der Waals surface area contributed by atoms with Crippen LogP contribution in [-0.2, 0) is 22.4 Å². The number of methoxy groups -OCH3 is 1. The Labute approximate surface area is 132 Å². The number of halogens is 3. The molecule has 0 saturated carbocycles. The number of aryl methyl sites for hydroxylation is 1. The largest absolute Gasteiger partial charge is 0.497 e. The molecule has 0 aliphatic rings. The van der Waals surface area contributed by atoms with Crippen LogP contribution in [0.4, 0.5) is 13.2 Å². The van der Waals surface area contributed by atoms with E-state index in [0.29, 0.717) is 11.8 Å². The minimum absolute atomic E-state index is 0.0613. The summed E-state index contributed by atoms with van der Waals surface area (Å²) in [6, 6.07) is 8.59. The zero-order valence-corrected chi connectivity index (χ0v) is 13.3. The standard InChI is InChI=1S/C16H15F3O3S/c1-3-11-4-7-14(10-15(11)16(17,18)19)23(20,21)13-8-5-12(22-2)6-9-13/h4-10H,3H2,1-2H3. The van der Waals surface area contributed by atoms with Gasteiger partial charge in [0.25, 0.3) is 0 Å². The molecule has 2 aromatic carbocycles. The molecule has 0 aromatic heterocycles. The molecule has 3 nitrogen and oxygen atoms in total. The van der Waals surface area contributed by atoms with E-state index >= 15 is 0 Å². The van der Waals surface area contributed by atoms with Crippen LogP contribution in [0.2, 0.25) is 0 Å². The average Bonchev–Trinajstić information content (AvgIpc) is 2.53. The summed E-state index contributed by atoms with van der Waals surface area (Å²) in [5, 5.41) is 0. The van der Waals surface area contributed by atoms with Gasteiger partial charge in [0.05, 0.1) is 22.5 Å². The summed E-state index contributed by atoms with van der Waals surface area (Å²) in [4.78, 5) is -0.470. The fraction of sp³-hybridized carbons (Fsp3) is 0.250. The molecule has 0 amide bonds. The smallest absolute Gasteiger partial charge is 0.416 e. The molecule has 0 heterocycles. The molecule has 0 spiro atoms. The number of sulfone groups is 1. The first kappa shape index (κ1) is 17.3. The van der Waals surface area contributed by atoms with Crippen molar-refractivity contribution in [1.82, 2.24) is 0 Å². The Kier molecular flexibility index (Phi) is 4.70. The van der Waals surface area contributed by atoms with Crippen LogP contribution >= 0.6 is 0 Å². The fourth-order valence-electron chi connectivity index (χ4n) is 2.19. The Hall–Kier alpha value is -2.02. The van der Waals surface area contributed by atoms with E-state index in [2.05, 4.69) is 0 Å². The molecule has 0 aliphatic heterocycles. The second kappa shape index (κ2) is 6.23. The summed E-state index contributed by atoms with van der Waals surface area (Å²) in [5.41, 5.74) is -0.860. The van der Waals surface area contributed by atoms with Gasteiger partial charge in [-0.2, -0.15) is 13.2 Å². The molecule has 0 saturated heterocycles. The van der Waals surface area contributed by atoms with E-state index in [1.54, 1.807) is 6.92 Å². The zero-order chi connectivity index (χ0) is 17.3. The van der Waals surface area contributed by atoms with Gasteiger partial charge >= 0.3 is 6.18 Å². The van der Waals surface area contributed by atoms with Gasteiger partial charge < -0.3 is 4.74 Å². The Bertz CT molecular complexity index is 794. The molecule has 0 bridgehead atoms. The summed E-state index contributed by atoms with van der Waals surface area (Å²) in [7, 11) is -2.59. The van der Waals surface area contributed by atoms with E-state index in [1.165, 1.54) is 43.5 Å². The van der Waals surface area contributed by atoms with Crippen LogP contribution in [0.1, 0.15) is 18.1 Å². The van der Waals surface area contributed by atoms with Gasteiger partial charge in [0.15, 0.2) is 0 Å². The lowest BCUT2D eigenvalue weighted by Gasteiger charge is -2.14. The lowest BCUT2D eigenvalue weighted by Crippen LogP contribution is -2.11. The van der Waals surface area contributed by atoms with Crippen molar-refractivity contribution < 1.29 is 26.3 Å². The minimum atomic E-state index is -4.60. The van der Waals surface area contributed by atoms with Gasteiger partial charge in [-0.25, -0.2) is 8.42 Å². The molecule has 0 N–H and O–H groups in total. The van der Waals surface area contributed by atoms with Crippen molar-refractivity contribution >= 4 is 9.84 Å². The van der Waals surface area contributed by atoms with Crippen LogP contribution in [0.15, 0.2) is 52.3 Å². The number of hydrogen-bond acceptors (Lipinski definition) is 3. The number of hydrogen-bond donors (Lipinski definition) is 0. The predicted molar refractivity (Wildman–Crippen MR) is 79.3 cm³/mol. The van der Waals surface area contributed by atoms with Gasteiger partial charge in [-0.15, -0.1) is 0 Å². The van der Waals surface area contributed by atoms with Gasteiger partial charge in [-0.3, -0.25) is 0 Å². The van der Waals surface area contributed by atoms with E-state index in [-0.39, 0.29) is 21.8 Å². The average molecular weight is 344 g/mol. The number of ether oxygens (including phenoxy) is 1. The van der Waals surface area contributed by atoms with Gasteiger partial charge in [0, 0.05) is 0 Å². The van der Waals surface area contributed by atoms with Crippen LogP contribution < -0.4 is 4.74 Å². The topological polar surface area (TPSA) is 43.4 Å². The van der Waals surface area contributed by atoms with Crippen LogP contribution in [0.25, 0.3) is 0 Å². The van der Waals surface area contributed by atoms with E-state index < -0.39 is 21.6 Å². The molecule has 2 rings (SSSR count). The third-order valence-corrected chi connectivity index (χ3v) is 5.21. The Morgan fingerprint density at radius 1 is 1.00 bits per heavy atom. The fourth-order valence-corrected chi connectivity index (χ4v) is 3.47. The molecule has 0 atom stereocenters. The van der Waals surface area contributed by atoms with E-state index in [9.17, 15) is 21.6 Å². The summed E-state index contributed by atoms with van der Waals surface area (Å²) in [6.45, 7) is 1.59. The summed E-state index contributed by atoms with van der Waals surface area (Å²) < 4.78 is 69.2. The predicted octanol–water partition coefficient (Wildman–Crippen LogP) is 4.11. The van der Waals surface area contributed by atoms with Crippen molar-refractivity contribution in [2.24, 2.45) is 0 Å². The first-order valence-corrected chi connectivity index (χ1v) is 8.27. The quantitative estimate of drug-likeness (QED) is 0.838. The third-order valence-electron chi connectivity index (χ3n) is 3.45. The molecule has 0 fully saturated rings. The first-order chi connectivity index (χ1) is 10.7. The summed E-state index contributed by atoms with van der Waals surface area (Å²) >= 11 is 0. The first-order valence-electron chi connectivity index (χ1n) is 6.79. The second-order valence-corrected chi connectivity index (χ2v) is 6.80. The maximum Gasteiger partial charge on any atom is 0.416 e. The minimum Gasteiger partial charge on any atom is -0.497 e. The highest BCUT2D eigenvalue weighted by Gasteiger charge is 2.34. The maximum absolute atomic E-state index is 13.1. The number of rotatable bonds is 4. The molecule has 23 heavy (non-hydrogen) atoms. The number of alkyl halides is 3. The van der Waals surface area contributed by atoms with E-state index in [4.69, 9.17) is 4.74 Å². The van der Waals surface area contributed by atoms with E-state index in [0.717, 1.165) is 0 Å². The zero-order valence-electron chi connectivity index (χ0n) is 12.5. The normalized spacial score (nSPS) is 12.2. The lowest BCUT2D eigenvalue weighted by atomic mass is 10.1. The molecule has 124 valence electrons. The highest BCUT2D eigenvalue weighted by Crippen LogP contribution is 2.35. The van der Waals surface area contributed by atoms with Crippen LogP contribution in [0, 0.1) is 0 Å². The van der Waals surface area contributed by atoms with Gasteiger partial charge in [-0.1, -0.05) is 13.0 Å². The van der Waals surface area contributed by atoms with Gasteiger partial charge in [0.2, 0.25) is 9.84 Å². The highest BCUT2D eigenvalue weighted by molar-refractivity contribution is 7.91. The second-order valence-electron chi connectivity index (χ2n) is 4.85. The van der Waals surface area contributed by atoms with Crippen molar-refractivity contribution in [3.63, 3.8) is 0 Å². The van der Waals surface area contributed by atoms with Gasteiger partial charge in [-0.05, 0) is 48.4 Å². The Morgan fingerprint density at radius 2 is 1.57 bits per heavy atom. The SMILES string of the molecule is CCc1ccc(S(=O)(=O)c2ccc(OC)cc2)cc1C(F)(F)F. The monoisotopic (exact) mass is 344 g/mol. The molecule has 0 unspecified atom stereocenters. The lowest BCUT2D eigenvalue weighted by molar-refractivity contribution is -0.138. The summed E-state index contributed by atoms with van der Waals surface area (Å²) in [6.07, 6.45) is -4.44. The van der Waals surface area contributed by atoms with Crippen molar-refractivity contribution in [2.75, 3.05) is 7.11 Å². The molecule has 2 aromatic rings. The summed E-state index contributed by atoms with van der Waals surface area (Å²) in [5.74, 6) is 0.460. The van der Waals surface area contributed by atoms with Crippen molar-refractivity contribution in [3.05, 3.63) is 53.6 Å². The Morgan fingerprint density at radius 3 is 2.04 bits per heavy atom. The van der Waals surface area contributed by atoms with Gasteiger partial charge in [0.1, 0.15) is 5.75 Å². The molecule has 0 radical (unpaired) electrons. The highest BCUT2D eigenvalue weighted by atomic mass is 32.2. The maximum atomic E-state index is 13.1. The molecule has 0 aliphatic carbocycles. The van der Waals surface area contributed by atoms with Crippen molar-refractivity contribution in [3.8, 4) is 5.75 Å². The molecule has 7 heteroatoms. The van der Waals surface area contributed by atoms with Crippen LogP contribution in [-0.4, -0.2) is 15.5 Å². The number of benzene rings is 2. The van der Waals surface area contributed by atoms with Crippen molar-refractivity contribution in [1.29, 1.82) is 0 Å². The molecular weight excluding hydrogens is 329 g/mol. The van der Waals surface area contributed by atoms with Crippen LogP contribution in [0.3, 0.4) is 0 Å². The third kappa shape index (κ3) is 3.50. The van der Waals surface area contributed by atoms with Crippen LogP contribution in [0.5, 0.6) is 5.75 Å². The molecular formula is C16H15F3O3S. The van der Waals surface area contributed by atoms with Crippen molar-refractivity contribution in [2.45, 2.75) is 29.3 Å². The van der Waals surface area contributed by atoms with E-state index in [1.807, 2.05) is 0 Å². The Balaban J connectivity index is 2.55.